The van der Waals surface area contributed by atoms with Crippen molar-refractivity contribution in [1.82, 2.24) is 0 Å². The maximum absolute atomic E-state index is 10.6. The largest absolute Gasteiger partial charge is 0.456 e. The lowest BCUT2D eigenvalue weighted by atomic mass is 10.1. The van der Waals surface area contributed by atoms with Gasteiger partial charge in [0.15, 0.2) is 0 Å². The van der Waals surface area contributed by atoms with Crippen LogP contribution in [0.3, 0.4) is 0 Å². The first-order valence-electron chi connectivity index (χ1n) is 4.30. The molecule has 0 fully saturated rings. The molecule has 1 rings (SSSR count). The first kappa shape index (κ1) is 9.99. The lowest BCUT2D eigenvalue weighted by Gasteiger charge is -2.22. The van der Waals surface area contributed by atoms with Gasteiger partial charge in [-0.05, 0) is 12.5 Å². The number of hydrogen-bond acceptors (Lipinski definition) is 3. The molecule has 0 saturated carbocycles. The van der Waals surface area contributed by atoms with Crippen LogP contribution in [-0.4, -0.2) is 24.8 Å². The fourth-order valence-corrected chi connectivity index (χ4v) is 1.17. The van der Waals surface area contributed by atoms with Gasteiger partial charge in [0.1, 0.15) is 6.10 Å². The van der Waals surface area contributed by atoms with Gasteiger partial charge in [0.2, 0.25) is 0 Å². The third-order valence-electron chi connectivity index (χ3n) is 1.73. The van der Waals surface area contributed by atoms with E-state index in [2.05, 4.69) is 6.58 Å². The van der Waals surface area contributed by atoms with E-state index in [1.165, 1.54) is 6.92 Å². The zero-order valence-electron chi connectivity index (χ0n) is 7.73. The average Bonchev–Trinajstić information content (AvgIpc) is 2.08. The molecular weight excluding hydrogens is 168 g/mol. The topological polar surface area (TPSA) is 35.5 Å². The van der Waals surface area contributed by atoms with Crippen LogP contribution in [0.15, 0.2) is 24.8 Å². The van der Waals surface area contributed by atoms with Crippen LogP contribution >= 0.6 is 0 Å². The molecule has 1 heterocycles. The molecule has 1 aliphatic heterocycles. The molecular formula is C10H14O3. The Morgan fingerprint density at radius 1 is 1.77 bits per heavy atom. The van der Waals surface area contributed by atoms with E-state index in [4.69, 9.17) is 9.47 Å². The number of carbonyl (C=O) groups is 1. The predicted octanol–water partition coefficient (Wildman–Crippen LogP) is 1.45. The third-order valence-corrected chi connectivity index (χ3v) is 1.73. The molecule has 13 heavy (non-hydrogen) atoms. The minimum absolute atomic E-state index is 0.0873. The zero-order valence-corrected chi connectivity index (χ0v) is 7.73. The molecule has 0 radical (unpaired) electrons. The normalized spacial score (nSPS) is 26.8. The van der Waals surface area contributed by atoms with Crippen LogP contribution in [0.4, 0.5) is 0 Å². The second kappa shape index (κ2) is 4.82. The molecule has 2 atom stereocenters. The predicted molar refractivity (Wildman–Crippen MR) is 49.2 cm³/mol. The highest BCUT2D eigenvalue weighted by Gasteiger charge is 2.16. The summed E-state index contributed by atoms with van der Waals surface area (Å²) in [5, 5.41) is 0. The van der Waals surface area contributed by atoms with Crippen molar-refractivity contribution in [1.29, 1.82) is 0 Å². The first-order valence-corrected chi connectivity index (χ1v) is 4.30. The second-order valence-corrected chi connectivity index (χ2v) is 2.93. The summed E-state index contributed by atoms with van der Waals surface area (Å²) in [5.74, 6) is -0.277. The molecule has 0 aromatic carbocycles. The van der Waals surface area contributed by atoms with Crippen LogP contribution in [0.25, 0.3) is 0 Å². The third kappa shape index (κ3) is 3.42. The average molecular weight is 182 g/mol. The quantitative estimate of drug-likeness (QED) is 0.489. The number of carbonyl (C=O) groups excluding carboxylic acids is 1. The van der Waals surface area contributed by atoms with Crippen LogP contribution in [0.2, 0.25) is 0 Å². The molecule has 0 amide bonds. The smallest absolute Gasteiger partial charge is 0.303 e. The van der Waals surface area contributed by atoms with Crippen LogP contribution in [0.5, 0.6) is 0 Å². The van der Waals surface area contributed by atoms with E-state index in [1.54, 1.807) is 6.08 Å². The van der Waals surface area contributed by atoms with E-state index < -0.39 is 0 Å². The number of hydrogen-bond donors (Lipinski definition) is 0. The first-order chi connectivity index (χ1) is 6.22. The Morgan fingerprint density at radius 2 is 2.54 bits per heavy atom. The summed E-state index contributed by atoms with van der Waals surface area (Å²) in [5.41, 5.74) is 0. The summed E-state index contributed by atoms with van der Waals surface area (Å²) in [4.78, 5) is 10.6. The molecule has 0 saturated heterocycles. The minimum Gasteiger partial charge on any atom is -0.456 e. The summed E-state index contributed by atoms with van der Waals surface area (Å²) in [6, 6.07) is 0. The Morgan fingerprint density at radius 3 is 3.00 bits per heavy atom. The van der Waals surface area contributed by atoms with Crippen molar-refractivity contribution >= 4 is 5.97 Å². The molecule has 0 aromatic heterocycles. The number of ether oxygens (including phenoxy) is 2. The molecule has 0 spiro atoms. The van der Waals surface area contributed by atoms with Crippen LogP contribution in [-0.2, 0) is 14.3 Å². The van der Waals surface area contributed by atoms with Gasteiger partial charge in [-0.25, -0.2) is 0 Å². The Balaban J connectivity index is 2.37. The van der Waals surface area contributed by atoms with Gasteiger partial charge >= 0.3 is 5.97 Å². The summed E-state index contributed by atoms with van der Waals surface area (Å²) in [6.07, 6.45) is 6.23. The summed E-state index contributed by atoms with van der Waals surface area (Å²) in [7, 11) is 0. The van der Waals surface area contributed by atoms with E-state index in [-0.39, 0.29) is 18.2 Å². The number of rotatable bonds is 3. The molecule has 0 bridgehead atoms. The van der Waals surface area contributed by atoms with E-state index >= 15 is 0 Å². The molecule has 0 N–H and O–H groups in total. The van der Waals surface area contributed by atoms with Gasteiger partial charge in [-0.2, -0.15) is 0 Å². The van der Waals surface area contributed by atoms with Crippen molar-refractivity contribution in [2.24, 2.45) is 0 Å². The monoisotopic (exact) mass is 182 g/mol. The highest BCUT2D eigenvalue weighted by atomic mass is 16.6. The fraction of sp³-hybridized carbons (Fsp3) is 0.500. The highest BCUT2D eigenvalue weighted by molar-refractivity contribution is 5.66. The van der Waals surface area contributed by atoms with Crippen molar-refractivity contribution in [3.8, 4) is 0 Å². The van der Waals surface area contributed by atoms with E-state index in [0.29, 0.717) is 6.61 Å². The fourth-order valence-electron chi connectivity index (χ4n) is 1.17. The maximum Gasteiger partial charge on any atom is 0.303 e. The molecule has 3 heteroatoms. The molecule has 72 valence electrons. The lowest BCUT2D eigenvalue weighted by molar-refractivity contribution is -0.147. The molecule has 0 aromatic rings. The summed E-state index contributed by atoms with van der Waals surface area (Å²) in [6.45, 7) is 5.45. The standard InChI is InChI=1S/C10H14O3/c1-3-4-9-5-6-10(7-12-9)13-8(2)11/h3,5-6,9-10H,1,4,7H2,2H3/t9?,10-/m0/s1. The van der Waals surface area contributed by atoms with Crippen LogP contribution in [0, 0.1) is 0 Å². The highest BCUT2D eigenvalue weighted by Crippen LogP contribution is 2.11. The van der Waals surface area contributed by atoms with Gasteiger partial charge < -0.3 is 9.47 Å². The van der Waals surface area contributed by atoms with Crippen molar-refractivity contribution in [3.63, 3.8) is 0 Å². The SMILES string of the molecule is C=CCC1C=C[C@H](OC(C)=O)CO1. The van der Waals surface area contributed by atoms with Crippen molar-refractivity contribution in [2.75, 3.05) is 6.61 Å². The van der Waals surface area contributed by atoms with Crippen molar-refractivity contribution < 1.29 is 14.3 Å². The van der Waals surface area contributed by atoms with Crippen LogP contribution < -0.4 is 0 Å². The van der Waals surface area contributed by atoms with Gasteiger partial charge in [-0.15, -0.1) is 6.58 Å². The van der Waals surface area contributed by atoms with E-state index in [1.807, 2.05) is 12.2 Å². The Hall–Kier alpha value is -1.09. The Kier molecular flexibility index (Phi) is 3.71. The maximum atomic E-state index is 10.6. The molecule has 1 aliphatic rings. The van der Waals surface area contributed by atoms with Gasteiger partial charge in [0.25, 0.3) is 0 Å². The lowest BCUT2D eigenvalue weighted by Crippen LogP contribution is -2.27. The van der Waals surface area contributed by atoms with Gasteiger partial charge in [0, 0.05) is 6.92 Å². The second-order valence-electron chi connectivity index (χ2n) is 2.93. The zero-order chi connectivity index (χ0) is 9.68. The number of esters is 1. The molecule has 3 nitrogen and oxygen atoms in total. The Bertz CT molecular complexity index is 220. The molecule has 1 unspecified atom stereocenters. The summed E-state index contributed by atoms with van der Waals surface area (Å²) < 4.78 is 10.3. The summed E-state index contributed by atoms with van der Waals surface area (Å²) >= 11 is 0. The Labute approximate surface area is 78.0 Å². The van der Waals surface area contributed by atoms with Gasteiger partial charge in [-0.3, -0.25) is 4.79 Å². The van der Waals surface area contributed by atoms with Crippen molar-refractivity contribution in [2.45, 2.75) is 25.6 Å². The van der Waals surface area contributed by atoms with Gasteiger partial charge in [0.05, 0.1) is 12.7 Å². The van der Waals surface area contributed by atoms with E-state index in [0.717, 1.165) is 6.42 Å². The minimum atomic E-state index is -0.277. The van der Waals surface area contributed by atoms with E-state index in [9.17, 15) is 4.79 Å². The van der Waals surface area contributed by atoms with Crippen LogP contribution in [0.1, 0.15) is 13.3 Å². The van der Waals surface area contributed by atoms with Gasteiger partial charge in [-0.1, -0.05) is 12.2 Å². The van der Waals surface area contributed by atoms with Crippen molar-refractivity contribution in [3.05, 3.63) is 24.8 Å². The molecule has 0 aliphatic carbocycles.